The van der Waals surface area contributed by atoms with Crippen molar-refractivity contribution in [1.29, 1.82) is 0 Å². The molecular formula is C20H22N6O2. The lowest BCUT2D eigenvalue weighted by Crippen LogP contribution is -2.35. The van der Waals surface area contributed by atoms with Gasteiger partial charge in [-0.15, -0.1) is 0 Å². The summed E-state index contributed by atoms with van der Waals surface area (Å²) in [6.07, 6.45) is 1.34. The molecular weight excluding hydrogens is 356 g/mol. The van der Waals surface area contributed by atoms with Crippen LogP contribution in [-0.2, 0) is 11.3 Å². The Hall–Kier alpha value is -3.10. The van der Waals surface area contributed by atoms with Gasteiger partial charge >= 0.3 is 0 Å². The Morgan fingerprint density at radius 2 is 1.93 bits per heavy atom. The molecule has 1 aromatic carbocycles. The van der Waals surface area contributed by atoms with Crippen LogP contribution in [0, 0.1) is 0 Å². The molecule has 0 unspecified atom stereocenters. The molecule has 2 aromatic heterocycles. The number of hydrogen-bond acceptors (Lipinski definition) is 7. The summed E-state index contributed by atoms with van der Waals surface area (Å²) < 4.78 is 5.40. The molecule has 0 saturated carbocycles. The monoisotopic (exact) mass is 378 g/mol. The lowest BCUT2D eigenvalue weighted by molar-refractivity contribution is 0.0342. The van der Waals surface area contributed by atoms with Gasteiger partial charge in [-0.1, -0.05) is 24.3 Å². The first-order chi connectivity index (χ1) is 13.7. The number of ether oxygens (including phenoxy) is 1. The van der Waals surface area contributed by atoms with Crippen LogP contribution < -0.4 is 11.1 Å². The quantitative estimate of drug-likeness (QED) is 0.708. The third-order valence-electron chi connectivity index (χ3n) is 4.85. The Morgan fingerprint density at radius 3 is 2.64 bits per heavy atom. The van der Waals surface area contributed by atoms with E-state index in [-0.39, 0.29) is 11.7 Å². The highest BCUT2D eigenvalue weighted by molar-refractivity contribution is 6.07. The number of fused-ring (bicyclic) bond motifs is 1. The Kier molecular flexibility index (Phi) is 5.14. The minimum atomic E-state index is -0.240. The van der Waals surface area contributed by atoms with E-state index in [9.17, 15) is 4.79 Å². The Bertz CT molecular complexity index is 999. The number of pyridine rings is 1. The van der Waals surface area contributed by atoms with Crippen molar-refractivity contribution in [3.63, 3.8) is 0 Å². The van der Waals surface area contributed by atoms with E-state index in [4.69, 9.17) is 10.5 Å². The summed E-state index contributed by atoms with van der Waals surface area (Å²) in [4.78, 5) is 27.5. The van der Waals surface area contributed by atoms with Crippen molar-refractivity contribution in [3.8, 4) is 11.3 Å². The third kappa shape index (κ3) is 3.64. The smallest absolute Gasteiger partial charge is 0.253 e. The van der Waals surface area contributed by atoms with Gasteiger partial charge < -0.3 is 15.8 Å². The molecule has 0 bridgehead atoms. The van der Waals surface area contributed by atoms with Crippen molar-refractivity contribution < 1.29 is 9.53 Å². The summed E-state index contributed by atoms with van der Waals surface area (Å²) in [6, 6.07) is 9.93. The van der Waals surface area contributed by atoms with E-state index in [2.05, 4.69) is 37.3 Å². The van der Waals surface area contributed by atoms with E-state index in [1.54, 1.807) is 13.1 Å². The molecule has 0 atom stereocenters. The van der Waals surface area contributed by atoms with Crippen molar-refractivity contribution in [1.82, 2.24) is 25.2 Å². The van der Waals surface area contributed by atoms with Gasteiger partial charge in [-0.05, 0) is 11.6 Å². The normalized spacial score (nSPS) is 14.9. The van der Waals surface area contributed by atoms with Gasteiger partial charge in [0.1, 0.15) is 17.4 Å². The zero-order chi connectivity index (χ0) is 19.5. The summed E-state index contributed by atoms with van der Waals surface area (Å²) in [5, 5.41) is 2.64. The van der Waals surface area contributed by atoms with Gasteiger partial charge in [-0.25, -0.2) is 15.0 Å². The van der Waals surface area contributed by atoms with Crippen molar-refractivity contribution in [3.05, 3.63) is 47.8 Å². The SMILES string of the molecule is CNC(=O)c1cc(-c2ccc(CN3CCOCC3)cc2)nc2c(N)ncnc12. The summed E-state index contributed by atoms with van der Waals surface area (Å²) in [7, 11) is 1.58. The van der Waals surface area contributed by atoms with Crippen LogP contribution in [0.25, 0.3) is 22.3 Å². The van der Waals surface area contributed by atoms with Crippen LogP contribution >= 0.6 is 0 Å². The Labute approximate surface area is 162 Å². The maximum absolute atomic E-state index is 12.3. The standard InChI is InChI=1S/C20H22N6O2/c1-22-20(27)15-10-16(25-18-17(15)23-12-24-19(18)21)14-4-2-13(3-5-14)11-26-6-8-28-9-7-26/h2-5,10,12H,6-9,11H2,1H3,(H,22,27)(H2,21,23,24). The summed E-state index contributed by atoms with van der Waals surface area (Å²) in [5.41, 5.74) is 10.1. The van der Waals surface area contributed by atoms with Crippen molar-refractivity contribution in [2.24, 2.45) is 0 Å². The van der Waals surface area contributed by atoms with Gasteiger partial charge in [0, 0.05) is 32.2 Å². The molecule has 1 aliphatic rings. The number of aromatic nitrogens is 3. The zero-order valence-electron chi connectivity index (χ0n) is 15.7. The van der Waals surface area contributed by atoms with Gasteiger partial charge in [0.05, 0.1) is 24.5 Å². The minimum Gasteiger partial charge on any atom is -0.382 e. The van der Waals surface area contributed by atoms with Gasteiger partial charge in [0.15, 0.2) is 5.82 Å². The van der Waals surface area contributed by atoms with Gasteiger partial charge in [-0.3, -0.25) is 9.69 Å². The van der Waals surface area contributed by atoms with E-state index in [0.717, 1.165) is 38.4 Å². The van der Waals surface area contributed by atoms with Crippen molar-refractivity contribution in [2.45, 2.75) is 6.54 Å². The van der Waals surface area contributed by atoms with E-state index in [1.165, 1.54) is 11.9 Å². The van der Waals surface area contributed by atoms with Crippen LogP contribution in [0.1, 0.15) is 15.9 Å². The van der Waals surface area contributed by atoms with Crippen LogP contribution in [-0.4, -0.2) is 59.1 Å². The summed E-state index contributed by atoms with van der Waals surface area (Å²) >= 11 is 0. The number of carbonyl (C=O) groups excluding carboxylic acids is 1. The largest absolute Gasteiger partial charge is 0.382 e. The van der Waals surface area contributed by atoms with E-state index in [1.807, 2.05) is 12.1 Å². The van der Waals surface area contributed by atoms with Crippen LogP contribution in [0.15, 0.2) is 36.7 Å². The fraction of sp³-hybridized carbons (Fsp3) is 0.300. The number of nitrogens with one attached hydrogen (secondary N) is 1. The number of rotatable bonds is 4. The number of nitrogens with zero attached hydrogens (tertiary/aromatic N) is 4. The number of benzene rings is 1. The molecule has 0 spiro atoms. The summed E-state index contributed by atoms with van der Waals surface area (Å²) in [5.74, 6) is 0.0108. The molecule has 144 valence electrons. The molecule has 1 fully saturated rings. The molecule has 3 aromatic rings. The van der Waals surface area contributed by atoms with Crippen LogP contribution in [0.4, 0.5) is 5.82 Å². The Balaban J connectivity index is 1.68. The first-order valence-corrected chi connectivity index (χ1v) is 9.18. The van der Waals surface area contributed by atoms with Crippen LogP contribution in [0.2, 0.25) is 0 Å². The molecule has 1 amide bonds. The molecule has 0 radical (unpaired) electrons. The number of anilines is 1. The molecule has 1 aliphatic heterocycles. The molecule has 3 N–H and O–H groups in total. The number of morpholine rings is 1. The molecule has 3 heterocycles. The fourth-order valence-corrected chi connectivity index (χ4v) is 3.31. The average molecular weight is 378 g/mol. The lowest BCUT2D eigenvalue weighted by Gasteiger charge is -2.26. The van der Waals surface area contributed by atoms with Gasteiger partial charge in [0.25, 0.3) is 5.91 Å². The summed E-state index contributed by atoms with van der Waals surface area (Å²) in [6.45, 7) is 4.35. The van der Waals surface area contributed by atoms with E-state index in [0.29, 0.717) is 22.3 Å². The number of nitrogens with two attached hydrogens (primary N) is 1. The van der Waals surface area contributed by atoms with Gasteiger partial charge in [0.2, 0.25) is 0 Å². The number of carbonyl (C=O) groups is 1. The van der Waals surface area contributed by atoms with Gasteiger partial charge in [-0.2, -0.15) is 0 Å². The number of nitrogen functional groups attached to an aromatic ring is 1. The first kappa shape index (κ1) is 18.3. The second-order valence-electron chi connectivity index (χ2n) is 6.68. The molecule has 0 aliphatic carbocycles. The maximum Gasteiger partial charge on any atom is 0.253 e. The number of amides is 1. The second-order valence-corrected chi connectivity index (χ2v) is 6.68. The number of hydrogen-bond donors (Lipinski definition) is 2. The predicted molar refractivity (Wildman–Crippen MR) is 107 cm³/mol. The highest BCUT2D eigenvalue weighted by Crippen LogP contribution is 2.26. The maximum atomic E-state index is 12.3. The topological polar surface area (TPSA) is 106 Å². The predicted octanol–water partition coefficient (Wildman–Crippen LogP) is 1.47. The zero-order valence-corrected chi connectivity index (χ0v) is 15.7. The first-order valence-electron chi connectivity index (χ1n) is 9.18. The molecule has 4 rings (SSSR count). The van der Waals surface area contributed by atoms with Crippen molar-refractivity contribution >= 4 is 22.8 Å². The highest BCUT2D eigenvalue weighted by Gasteiger charge is 2.16. The van der Waals surface area contributed by atoms with Crippen LogP contribution in [0.5, 0.6) is 0 Å². The van der Waals surface area contributed by atoms with E-state index >= 15 is 0 Å². The molecule has 28 heavy (non-hydrogen) atoms. The second kappa shape index (κ2) is 7.87. The third-order valence-corrected chi connectivity index (χ3v) is 4.85. The van der Waals surface area contributed by atoms with Crippen LogP contribution in [0.3, 0.4) is 0 Å². The van der Waals surface area contributed by atoms with E-state index < -0.39 is 0 Å². The average Bonchev–Trinajstić information content (AvgIpc) is 2.74. The molecule has 1 saturated heterocycles. The fourth-order valence-electron chi connectivity index (χ4n) is 3.31. The molecule has 8 heteroatoms. The highest BCUT2D eigenvalue weighted by atomic mass is 16.5. The van der Waals surface area contributed by atoms with Crippen molar-refractivity contribution in [2.75, 3.05) is 39.1 Å². The Morgan fingerprint density at radius 1 is 1.18 bits per heavy atom. The molecule has 8 nitrogen and oxygen atoms in total. The minimum absolute atomic E-state index is 0.240. The lowest BCUT2D eigenvalue weighted by atomic mass is 10.0.